The van der Waals surface area contributed by atoms with Crippen molar-refractivity contribution in [2.75, 3.05) is 26.3 Å². The maximum Gasteiger partial charge on any atom is 0.317 e. The number of hydrogen-bond acceptors (Lipinski definition) is 3. The molecule has 1 unspecified atom stereocenters. The summed E-state index contributed by atoms with van der Waals surface area (Å²) in [4.78, 5) is 25.8. The molecule has 22 heavy (non-hydrogen) atoms. The first kappa shape index (κ1) is 17.1. The number of carboxylic acid groups (broad SMARTS) is 1. The third-order valence-corrected chi connectivity index (χ3v) is 5.20. The molecule has 0 spiro atoms. The van der Waals surface area contributed by atoms with Crippen molar-refractivity contribution in [3.63, 3.8) is 0 Å². The van der Waals surface area contributed by atoms with E-state index in [0.717, 1.165) is 12.8 Å². The van der Waals surface area contributed by atoms with Gasteiger partial charge in [-0.25, -0.2) is 4.79 Å². The lowest BCUT2D eigenvalue weighted by Crippen LogP contribution is -2.49. The number of urea groups is 1. The van der Waals surface area contributed by atoms with Crippen LogP contribution in [0.5, 0.6) is 0 Å². The van der Waals surface area contributed by atoms with Crippen molar-refractivity contribution in [3.8, 4) is 0 Å². The van der Waals surface area contributed by atoms with Gasteiger partial charge in [0.1, 0.15) is 0 Å². The lowest BCUT2D eigenvalue weighted by molar-refractivity contribution is -0.149. The lowest BCUT2D eigenvalue weighted by atomic mass is 9.81. The summed E-state index contributed by atoms with van der Waals surface area (Å²) in [6, 6.07) is -0.206. The molecule has 3 atom stereocenters. The predicted octanol–water partition coefficient (Wildman–Crippen LogP) is 1.94. The number of hydrogen-bond donors (Lipinski definition) is 2. The topological polar surface area (TPSA) is 78.9 Å². The van der Waals surface area contributed by atoms with Crippen molar-refractivity contribution < 1.29 is 19.4 Å². The zero-order chi connectivity index (χ0) is 16.3. The molecule has 126 valence electrons. The smallest absolute Gasteiger partial charge is 0.317 e. The van der Waals surface area contributed by atoms with Crippen LogP contribution in [0, 0.1) is 17.3 Å². The highest BCUT2D eigenvalue weighted by Gasteiger charge is 2.55. The molecule has 2 amide bonds. The van der Waals surface area contributed by atoms with Crippen LogP contribution in [0.3, 0.4) is 0 Å². The molecule has 2 rings (SSSR count). The fraction of sp³-hybridized carbons (Fsp3) is 0.875. The van der Waals surface area contributed by atoms with Gasteiger partial charge in [-0.3, -0.25) is 4.79 Å². The molecule has 1 saturated heterocycles. The first-order valence-corrected chi connectivity index (χ1v) is 8.27. The second-order valence-corrected chi connectivity index (χ2v) is 6.89. The van der Waals surface area contributed by atoms with E-state index < -0.39 is 11.4 Å². The van der Waals surface area contributed by atoms with Gasteiger partial charge in [-0.15, -0.1) is 0 Å². The molecular formula is C16H28N2O4. The fourth-order valence-corrected chi connectivity index (χ4v) is 3.69. The molecule has 1 saturated carbocycles. The summed E-state index contributed by atoms with van der Waals surface area (Å²) in [6.45, 7) is 8.00. The van der Waals surface area contributed by atoms with Crippen LogP contribution in [-0.4, -0.2) is 54.4 Å². The molecular weight excluding hydrogens is 284 g/mol. The normalized spacial score (nSPS) is 28.7. The van der Waals surface area contributed by atoms with E-state index in [1.165, 1.54) is 0 Å². The molecule has 0 radical (unpaired) electrons. The first-order chi connectivity index (χ1) is 10.4. The van der Waals surface area contributed by atoms with E-state index in [-0.39, 0.29) is 23.9 Å². The van der Waals surface area contributed by atoms with E-state index in [1.54, 1.807) is 4.90 Å². The Morgan fingerprint density at radius 1 is 1.45 bits per heavy atom. The van der Waals surface area contributed by atoms with Crippen molar-refractivity contribution in [1.29, 1.82) is 0 Å². The van der Waals surface area contributed by atoms with Gasteiger partial charge in [0.05, 0.1) is 18.1 Å². The summed E-state index contributed by atoms with van der Waals surface area (Å²) in [6.07, 6.45) is 2.54. The number of amides is 2. The Morgan fingerprint density at radius 2 is 2.18 bits per heavy atom. The minimum atomic E-state index is -0.750. The number of fused-ring (bicyclic) bond motifs is 1. The van der Waals surface area contributed by atoms with E-state index in [1.807, 2.05) is 20.8 Å². The standard InChI is InChI=1S/C16H28N2O4/c1-4-22-9-13(11(2)3)17-15(21)18-8-12-6-5-7-16(12,10-18)14(19)20/h11-13H,4-10H2,1-3H3,(H,17,21)(H,19,20)/t12-,13?,16+/m0/s1. The van der Waals surface area contributed by atoms with Crippen LogP contribution in [0.2, 0.25) is 0 Å². The minimum absolute atomic E-state index is 0.0475. The number of rotatable bonds is 6. The minimum Gasteiger partial charge on any atom is -0.481 e. The number of ether oxygens (including phenoxy) is 1. The molecule has 6 heteroatoms. The molecule has 2 aliphatic rings. The highest BCUT2D eigenvalue weighted by atomic mass is 16.5. The van der Waals surface area contributed by atoms with E-state index in [4.69, 9.17) is 4.74 Å². The van der Waals surface area contributed by atoms with Crippen LogP contribution in [0.25, 0.3) is 0 Å². The average molecular weight is 312 g/mol. The maximum absolute atomic E-state index is 12.5. The van der Waals surface area contributed by atoms with Gasteiger partial charge in [0, 0.05) is 19.7 Å². The first-order valence-electron chi connectivity index (χ1n) is 8.27. The van der Waals surface area contributed by atoms with Crippen LogP contribution >= 0.6 is 0 Å². The number of carbonyl (C=O) groups excluding carboxylic acids is 1. The molecule has 2 N–H and O–H groups in total. The van der Waals surface area contributed by atoms with Crippen molar-refractivity contribution in [3.05, 3.63) is 0 Å². The Hall–Kier alpha value is -1.30. The van der Waals surface area contributed by atoms with Crippen LogP contribution in [0.4, 0.5) is 4.79 Å². The van der Waals surface area contributed by atoms with Gasteiger partial charge < -0.3 is 20.1 Å². The van der Waals surface area contributed by atoms with Crippen LogP contribution in [0.15, 0.2) is 0 Å². The maximum atomic E-state index is 12.5. The van der Waals surface area contributed by atoms with Gasteiger partial charge >= 0.3 is 12.0 Å². The third-order valence-electron chi connectivity index (χ3n) is 5.20. The summed E-state index contributed by atoms with van der Waals surface area (Å²) >= 11 is 0. The second kappa shape index (κ2) is 6.86. The van der Waals surface area contributed by atoms with Gasteiger partial charge in [-0.1, -0.05) is 20.3 Å². The number of carbonyl (C=O) groups is 2. The van der Waals surface area contributed by atoms with Gasteiger partial charge in [-0.05, 0) is 31.6 Å². The average Bonchev–Trinajstić information content (AvgIpc) is 3.00. The quantitative estimate of drug-likeness (QED) is 0.785. The summed E-state index contributed by atoms with van der Waals surface area (Å²) in [5.41, 5.74) is -0.718. The highest BCUT2D eigenvalue weighted by molar-refractivity contribution is 5.80. The summed E-state index contributed by atoms with van der Waals surface area (Å²) < 4.78 is 5.43. The van der Waals surface area contributed by atoms with E-state index in [0.29, 0.717) is 32.7 Å². The number of carboxylic acids is 1. The molecule has 1 heterocycles. The second-order valence-electron chi connectivity index (χ2n) is 6.89. The number of aliphatic carboxylic acids is 1. The molecule has 2 fully saturated rings. The van der Waals surface area contributed by atoms with Crippen LogP contribution in [-0.2, 0) is 9.53 Å². The van der Waals surface area contributed by atoms with E-state index in [2.05, 4.69) is 5.32 Å². The van der Waals surface area contributed by atoms with E-state index >= 15 is 0 Å². The van der Waals surface area contributed by atoms with Crippen LogP contribution < -0.4 is 5.32 Å². The zero-order valence-electron chi connectivity index (χ0n) is 13.8. The monoisotopic (exact) mass is 312 g/mol. The molecule has 0 aromatic heterocycles. The van der Waals surface area contributed by atoms with E-state index in [9.17, 15) is 14.7 Å². The summed E-state index contributed by atoms with van der Waals surface area (Å²) in [7, 11) is 0. The predicted molar refractivity (Wildman–Crippen MR) is 82.6 cm³/mol. The Balaban J connectivity index is 1.98. The van der Waals surface area contributed by atoms with Gasteiger partial charge in [0.25, 0.3) is 0 Å². The molecule has 6 nitrogen and oxygen atoms in total. The van der Waals surface area contributed by atoms with Gasteiger partial charge in [0.15, 0.2) is 0 Å². The molecule has 0 aromatic rings. The molecule has 0 aromatic carbocycles. The molecule has 1 aliphatic carbocycles. The van der Waals surface area contributed by atoms with Gasteiger partial charge in [-0.2, -0.15) is 0 Å². The molecule has 1 aliphatic heterocycles. The highest BCUT2D eigenvalue weighted by Crippen LogP contribution is 2.48. The number of nitrogens with one attached hydrogen (secondary N) is 1. The Morgan fingerprint density at radius 3 is 2.73 bits per heavy atom. The third kappa shape index (κ3) is 3.21. The summed E-state index contributed by atoms with van der Waals surface area (Å²) in [5, 5.41) is 12.6. The fourth-order valence-electron chi connectivity index (χ4n) is 3.69. The van der Waals surface area contributed by atoms with Gasteiger partial charge in [0.2, 0.25) is 0 Å². The largest absolute Gasteiger partial charge is 0.481 e. The number of likely N-dealkylation sites (tertiary alicyclic amines) is 1. The Bertz CT molecular complexity index is 426. The Labute approximate surface area is 132 Å². The van der Waals surface area contributed by atoms with Crippen molar-refractivity contribution in [2.24, 2.45) is 17.3 Å². The summed E-state index contributed by atoms with van der Waals surface area (Å²) in [5.74, 6) is -0.383. The number of nitrogens with zero attached hydrogens (tertiary/aromatic N) is 1. The van der Waals surface area contributed by atoms with Crippen molar-refractivity contribution in [2.45, 2.75) is 46.1 Å². The Kier molecular flexibility index (Phi) is 5.32. The zero-order valence-corrected chi connectivity index (χ0v) is 13.8. The lowest BCUT2D eigenvalue weighted by Gasteiger charge is -2.27. The molecule has 0 bridgehead atoms. The van der Waals surface area contributed by atoms with Crippen LogP contribution in [0.1, 0.15) is 40.0 Å². The SMILES string of the molecule is CCOCC(NC(=O)N1C[C@@H]2CCC[C@@]2(C(=O)O)C1)C(C)C. The van der Waals surface area contributed by atoms with Crippen molar-refractivity contribution in [1.82, 2.24) is 10.2 Å². The van der Waals surface area contributed by atoms with Crippen molar-refractivity contribution >= 4 is 12.0 Å².